The summed E-state index contributed by atoms with van der Waals surface area (Å²) in [5.74, 6) is -1.54. The fourth-order valence-electron chi connectivity index (χ4n) is 9.88. The standard InChI is InChI=1S/C31H50N2O10/c34-32-26(1-9-36-10-2-26)17-30(18-27(32)3-11-37-12-4-27)40-21-25(22-41-30)23-42-31(43-24-25)19-28(5-13-38-14-6-28)33(35)29(20-31)7-15-39-16-8-29/h34-35H,1-24H2. The summed E-state index contributed by atoms with van der Waals surface area (Å²) in [7, 11) is 0. The minimum Gasteiger partial charge on any atom is -0.381 e. The maximum absolute atomic E-state index is 11.7. The first-order valence-electron chi connectivity index (χ1n) is 16.6. The van der Waals surface area contributed by atoms with Crippen molar-refractivity contribution in [1.29, 1.82) is 0 Å². The molecule has 0 bridgehead atoms. The predicted molar refractivity (Wildman–Crippen MR) is 149 cm³/mol. The summed E-state index contributed by atoms with van der Waals surface area (Å²) in [4.78, 5) is 0. The molecule has 0 aromatic carbocycles. The summed E-state index contributed by atoms with van der Waals surface area (Å²) >= 11 is 0. The van der Waals surface area contributed by atoms with Crippen molar-refractivity contribution in [3.8, 4) is 0 Å². The first-order chi connectivity index (χ1) is 20.8. The summed E-state index contributed by atoms with van der Waals surface area (Å²) in [5, 5.41) is 26.8. The lowest BCUT2D eigenvalue weighted by Gasteiger charge is -2.64. The molecule has 12 nitrogen and oxygen atoms in total. The lowest BCUT2D eigenvalue weighted by Crippen LogP contribution is -2.74. The van der Waals surface area contributed by atoms with Crippen LogP contribution in [0.2, 0.25) is 0 Å². The topological polar surface area (TPSA) is 121 Å². The van der Waals surface area contributed by atoms with Gasteiger partial charge in [-0.05, 0) is 51.4 Å². The van der Waals surface area contributed by atoms with Gasteiger partial charge in [0, 0.05) is 78.5 Å². The summed E-state index contributed by atoms with van der Waals surface area (Å²) in [6, 6.07) is 0. The molecule has 12 heteroatoms. The molecule has 0 radical (unpaired) electrons. The highest BCUT2D eigenvalue weighted by Crippen LogP contribution is 2.57. The zero-order valence-corrected chi connectivity index (χ0v) is 25.5. The molecule has 0 amide bonds. The number of hydrogen-bond acceptors (Lipinski definition) is 12. The van der Waals surface area contributed by atoms with E-state index in [1.54, 1.807) is 10.1 Å². The zero-order valence-electron chi connectivity index (χ0n) is 25.5. The average Bonchev–Trinajstić information content (AvgIpc) is 3.04. The first kappa shape index (κ1) is 29.9. The van der Waals surface area contributed by atoms with Crippen LogP contribution in [0.3, 0.4) is 0 Å². The van der Waals surface area contributed by atoms with Gasteiger partial charge in [0.15, 0.2) is 11.6 Å². The van der Waals surface area contributed by atoms with E-state index in [0.29, 0.717) is 105 Å². The Kier molecular flexibility index (Phi) is 7.49. The molecule has 7 spiro atoms. The van der Waals surface area contributed by atoms with Crippen molar-refractivity contribution >= 4 is 0 Å². The van der Waals surface area contributed by atoms with Crippen molar-refractivity contribution in [1.82, 2.24) is 10.1 Å². The molecule has 0 aromatic rings. The van der Waals surface area contributed by atoms with E-state index in [-0.39, 0.29) is 0 Å². The third-order valence-corrected chi connectivity index (χ3v) is 12.5. The van der Waals surface area contributed by atoms with Gasteiger partial charge in [-0.25, -0.2) is 0 Å². The van der Waals surface area contributed by atoms with Crippen LogP contribution >= 0.6 is 0 Å². The van der Waals surface area contributed by atoms with Crippen LogP contribution < -0.4 is 0 Å². The van der Waals surface area contributed by atoms with Crippen molar-refractivity contribution < 1.29 is 48.3 Å². The summed E-state index contributed by atoms with van der Waals surface area (Å²) in [6.07, 6.45) is 8.48. The Bertz CT molecular complexity index is 859. The third-order valence-electron chi connectivity index (χ3n) is 12.5. The lowest BCUT2D eigenvalue weighted by atomic mass is 9.67. The van der Waals surface area contributed by atoms with E-state index >= 15 is 0 Å². The number of hydrogen-bond donors (Lipinski definition) is 2. The van der Waals surface area contributed by atoms with E-state index in [4.69, 9.17) is 37.9 Å². The highest BCUT2D eigenvalue weighted by atomic mass is 16.7. The smallest absolute Gasteiger partial charge is 0.172 e. The van der Waals surface area contributed by atoms with E-state index in [1.807, 2.05) is 0 Å². The molecule has 8 aliphatic heterocycles. The minimum absolute atomic E-state index is 0.402. The van der Waals surface area contributed by atoms with Crippen LogP contribution in [0.5, 0.6) is 0 Å². The summed E-state index contributed by atoms with van der Waals surface area (Å²) in [5.41, 5.74) is -2.14. The molecular formula is C31H50N2O10. The predicted octanol–water partition coefficient (Wildman–Crippen LogP) is 2.63. The van der Waals surface area contributed by atoms with Gasteiger partial charge < -0.3 is 48.3 Å². The first-order valence-corrected chi connectivity index (χ1v) is 16.6. The molecule has 43 heavy (non-hydrogen) atoms. The van der Waals surface area contributed by atoms with Crippen molar-refractivity contribution in [3.05, 3.63) is 0 Å². The maximum atomic E-state index is 11.7. The van der Waals surface area contributed by atoms with Gasteiger partial charge in [0.1, 0.15) is 0 Å². The second-order valence-electron chi connectivity index (χ2n) is 15.2. The van der Waals surface area contributed by atoms with Crippen LogP contribution in [0, 0.1) is 5.41 Å². The van der Waals surface area contributed by atoms with Gasteiger partial charge in [-0.1, -0.05) is 0 Å². The van der Waals surface area contributed by atoms with Crippen molar-refractivity contribution in [3.63, 3.8) is 0 Å². The SMILES string of the molecule is ON1C2(CCOCC2)CC2(CC13CCOCC3)OCC1(CO2)COC2(CC3(CCOCC3)N(O)C3(CCOCC3)C2)OC1. The van der Waals surface area contributed by atoms with E-state index in [2.05, 4.69) is 0 Å². The summed E-state index contributed by atoms with van der Waals surface area (Å²) < 4.78 is 50.2. The van der Waals surface area contributed by atoms with Gasteiger partial charge in [-0.2, -0.15) is 10.1 Å². The Morgan fingerprint density at radius 3 is 0.837 bits per heavy atom. The number of nitrogens with zero attached hydrogens (tertiary/aromatic N) is 2. The Balaban J connectivity index is 1.00. The Hall–Kier alpha value is -0.480. The molecule has 8 rings (SSSR count). The fourth-order valence-corrected chi connectivity index (χ4v) is 9.88. The molecule has 0 aliphatic carbocycles. The highest BCUT2D eigenvalue weighted by Gasteiger charge is 2.66. The van der Waals surface area contributed by atoms with E-state index in [1.165, 1.54) is 0 Å². The second kappa shape index (κ2) is 10.8. The van der Waals surface area contributed by atoms with Gasteiger partial charge in [0.2, 0.25) is 0 Å². The minimum atomic E-state index is -0.769. The van der Waals surface area contributed by atoms with Crippen LogP contribution in [0.25, 0.3) is 0 Å². The molecule has 0 atom stereocenters. The maximum Gasteiger partial charge on any atom is 0.172 e. The zero-order chi connectivity index (χ0) is 29.3. The van der Waals surface area contributed by atoms with Crippen LogP contribution in [0.15, 0.2) is 0 Å². The third kappa shape index (κ3) is 4.86. The normalized spacial score (nSPS) is 42.8. The lowest BCUT2D eigenvalue weighted by molar-refractivity contribution is -0.426. The van der Waals surface area contributed by atoms with Crippen molar-refractivity contribution in [2.75, 3.05) is 79.3 Å². The number of piperidine rings is 2. The van der Waals surface area contributed by atoms with Gasteiger partial charge in [0.05, 0.1) is 54.0 Å². The molecular weight excluding hydrogens is 560 g/mol. The number of ether oxygens (including phenoxy) is 8. The van der Waals surface area contributed by atoms with Crippen LogP contribution in [0.1, 0.15) is 77.0 Å². The van der Waals surface area contributed by atoms with Crippen LogP contribution in [0.4, 0.5) is 0 Å². The molecule has 0 unspecified atom stereocenters. The largest absolute Gasteiger partial charge is 0.381 e. The van der Waals surface area contributed by atoms with Crippen molar-refractivity contribution in [2.24, 2.45) is 5.41 Å². The van der Waals surface area contributed by atoms with Crippen LogP contribution in [-0.2, 0) is 37.9 Å². The quantitative estimate of drug-likeness (QED) is 0.420. The van der Waals surface area contributed by atoms with Crippen molar-refractivity contribution in [2.45, 2.75) is 111 Å². The Morgan fingerprint density at radius 1 is 0.372 bits per heavy atom. The molecule has 8 heterocycles. The second-order valence-corrected chi connectivity index (χ2v) is 15.2. The van der Waals surface area contributed by atoms with E-state index < -0.39 is 39.1 Å². The molecule has 244 valence electrons. The molecule has 8 fully saturated rings. The van der Waals surface area contributed by atoms with Gasteiger partial charge in [-0.15, -0.1) is 0 Å². The Labute approximate surface area is 254 Å². The fraction of sp³-hybridized carbons (Fsp3) is 1.00. The molecule has 0 saturated carbocycles. The van der Waals surface area contributed by atoms with Crippen LogP contribution in [-0.4, -0.2) is 134 Å². The molecule has 8 saturated heterocycles. The Morgan fingerprint density at radius 2 is 0.605 bits per heavy atom. The average molecular weight is 611 g/mol. The molecule has 8 aliphatic rings. The van der Waals surface area contributed by atoms with Gasteiger partial charge >= 0.3 is 0 Å². The monoisotopic (exact) mass is 610 g/mol. The number of hydroxylamine groups is 4. The summed E-state index contributed by atoms with van der Waals surface area (Å²) in [6.45, 7) is 6.93. The highest BCUT2D eigenvalue weighted by molar-refractivity contribution is 5.12. The molecule has 2 N–H and O–H groups in total. The molecule has 0 aromatic heterocycles. The number of rotatable bonds is 0. The van der Waals surface area contributed by atoms with Gasteiger partial charge in [0.25, 0.3) is 0 Å². The van der Waals surface area contributed by atoms with E-state index in [0.717, 1.165) is 51.4 Å². The van der Waals surface area contributed by atoms with Gasteiger partial charge in [-0.3, -0.25) is 0 Å². The van der Waals surface area contributed by atoms with E-state index in [9.17, 15) is 10.4 Å².